The van der Waals surface area contributed by atoms with E-state index in [1.165, 1.54) is 40.9 Å². The van der Waals surface area contributed by atoms with Gasteiger partial charge in [0.2, 0.25) is 11.8 Å². The first-order chi connectivity index (χ1) is 16.2. The highest BCUT2D eigenvalue weighted by Gasteiger charge is 2.61. The number of alkyl halides is 1. The maximum absolute atomic E-state index is 13.0. The number of ether oxygens (including phenoxy) is 1. The van der Waals surface area contributed by atoms with Crippen LogP contribution in [0.25, 0.3) is 0 Å². The predicted molar refractivity (Wildman–Crippen MR) is 134 cm³/mol. The van der Waals surface area contributed by atoms with Crippen molar-refractivity contribution < 1.29 is 24.0 Å². The minimum Gasteiger partial charge on any atom is -0.459 e. The van der Waals surface area contributed by atoms with Crippen molar-refractivity contribution in [1.29, 1.82) is 0 Å². The van der Waals surface area contributed by atoms with Crippen molar-refractivity contribution in [3.63, 3.8) is 0 Å². The van der Waals surface area contributed by atoms with E-state index in [4.69, 9.17) is 4.74 Å². The van der Waals surface area contributed by atoms with Crippen molar-refractivity contribution in [2.24, 2.45) is 0 Å². The highest BCUT2D eigenvalue weighted by atomic mass is 127. The Labute approximate surface area is 213 Å². The number of fused-ring (bicyclic) bond motifs is 1. The number of nitrogens with zero attached hydrogens (tertiary/aromatic N) is 2. The average Bonchev–Trinajstić information content (AvgIpc) is 2.81. The van der Waals surface area contributed by atoms with Crippen LogP contribution in [0.2, 0.25) is 0 Å². The molecule has 2 aromatic rings. The van der Waals surface area contributed by atoms with Crippen molar-refractivity contribution >= 4 is 57.8 Å². The normalized spacial score (nSPS) is 25.6. The van der Waals surface area contributed by atoms with Gasteiger partial charge in [-0.05, 0) is 30.2 Å². The van der Waals surface area contributed by atoms with Gasteiger partial charge in [-0.1, -0.05) is 52.9 Å². The number of hydrogen-bond acceptors (Lipinski definition) is 7. The zero-order chi connectivity index (χ0) is 24.5. The molecule has 0 aromatic heterocycles. The third kappa shape index (κ3) is 5.04. The number of benzene rings is 2. The Morgan fingerprint density at radius 2 is 1.88 bits per heavy atom. The zero-order valence-corrected chi connectivity index (χ0v) is 21.2. The highest BCUT2D eigenvalue weighted by Crippen LogP contribution is 2.46. The van der Waals surface area contributed by atoms with E-state index in [0.717, 1.165) is 5.56 Å². The maximum atomic E-state index is 13.0. The summed E-state index contributed by atoms with van der Waals surface area (Å²) in [6.07, 6.45) is 0.173. The Kier molecular flexibility index (Phi) is 7.12. The molecule has 0 bridgehead atoms. The molecule has 0 radical (unpaired) electrons. The lowest BCUT2D eigenvalue weighted by Gasteiger charge is -2.56. The average molecular weight is 595 g/mol. The smallest absolute Gasteiger partial charge is 0.330 e. The van der Waals surface area contributed by atoms with Crippen LogP contribution < -0.4 is 5.32 Å². The molecule has 9 nitrogen and oxygen atoms in total. The van der Waals surface area contributed by atoms with Crippen LogP contribution in [-0.4, -0.2) is 54.2 Å². The van der Waals surface area contributed by atoms with E-state index < -0.39 is 26.4 Å². The Morgan fingerprint density at radius 1 is 1.21 bits per heavy atom. The summed E-state index contributed by atoms with van der Waals surface area (Å²) in [6.45, 7) is 1.83. The molecule has 1 N–H and O–H groups in total. The summed E-state index contributed by atoms with van der Waals surface area (Å²) < 4.78 is 4.94. The van der Waals surface area contributed by atoms with Crippen molar-refractivity contribution in [2.45, 2.75) is 40.8 Å². The molecule has 2 aromatic carbocycles. The number of hydrogen-bond donors (Lipinski definition) is 1. The molecule has 178 valence electrons. The van der Waals surface area contributed by atoms with E-state index in [9.17, 15) is 24.5 Å². The summed E-state index contributed by atoms with van der Waals surface area (Å²) in [4.78, 5) is 50.3. The summed E-state index contributed by atoms with van der Waals surface area (Å²) in [5.74, 6) is -0.490. The zero-order valence-electron chi connectivity index (χ0n) is 18.2. The highest BCUT2D eigenvalue weighted by molar-refractivity contribution is 14.1. The summed E-state index contributed by atoms with van der Waals surface area (Å²) in [6, 6.07) is 13.5. The number of nitro benzene ring substituents is 1. The molecule has 4 rings (SSSR count). The molecular weight excluding hydrogens is 573 g/mol. The lowest BCUT2D eigenvalue weighted by atomic mass is 9.94. The van der Waals surface area contributed by atoms with Crippen molar-refractivity contribution in [3.8, 4) is 0 Å². The molecular formula is C23H22IN3O6S. The third-order valence-electron chi connectivity index (χ3n) is 5.74. The fourth-order valence-corrected chi connectivity index (χ4v) is 6.51. The number of amides is 2. The van der Waals surface area contributed by atoms with E-state index >= 15 is 0 Å². The molecule has 4 atom stereocenters. The fourth-order valence-electron chi connectivity index (χ4n) is 4.00. The van der Waals surface area contributed by atoms with E-state index in [0.29, 0.717) is 11.3 Å². The molecule has 3 unspecified atom stereocenters. The van der Waals surface area contributed by atoms with Crippen molar-refractivity contribution in [2.75, 3.05) is 5.75 Å². The van der Waals surface area contributed by atoms with E-state index in [2.05, 4.69) is 27.9 Å². The topological polar surface area (TPSA) is 119 Å². The number of thioether (sulfide) groups is 1. The van der Waals surface area contributed by atoms with Gasteiger partial charge in [0.05, 0.1) is 14.8 Å². The van der Waals surface area contributed by atoms with Crippen LogP contribution in [0.3, 0.4) is 0 Å². The molecule has 2 fully saturated rings. The van der Waals surface area contributed by atoms with Crippen LogP contribution in [0.4, 0.5) is 5.69 Å². The molecule has 0 spiro atoms. The predicted octanol–water partition coefficient (Wildman–Crippen LogP) is 2.84. The number of esters is 1. The van der Waals surface area contributed by atoms with Crippen molar-refractivity contribution in [3.05, 3.63) is 75.8 Å². The molecule has 2 aliphatic rings. The molecule has 2 amide bonds. The van der Waals surface area contributed by atoms with Gasteiger partial charge in [0.15, 0.2) is 0 Å². The number of carbonyl (C=O) groups excluding carboxylic acids is 3. The number of carbonyl (C=O) groups is 3. The molecule has 11 heteroatoms. The first-order valence-corrected chi connectivity index (χ1v) is 12.7. The first kappa shape index (κ1) is 24.5. The minimum absolute atomic E-state index is 0.0476. The monoisotopic (exact) mass is 595 g/mol. The summed E-state index contributed by atoms with van der Waals surface area (Å²) in [5.41, 5.74) is 1.41. The van der Waals surface area contributed by atoms with E-state index in [-0.39, 0.29) is 35.9 Å². The van der Waals surface area contributed by atoms with Gasteiger partial charge >= 0.3 is 5.97 Å². The van der Waals surface area contributed by atoms with Crippen LogP contribution in [0.15, 0.2) is 54.6 Å². The third-order valence-corrected chi connectivity index (χ3v) is 8.84. The number of non-ortho nitro benzene ring substituents is 1. The number of β-lactam (4-membered cyclic amide) rings is 1. The van der Waals surface area contributed by atoms with E-state index in [1.807, 2.05) is 37.3 Å². The quantitative estimate of drug-likeness (QED) is 0.131. The molecule has 2 aliphatic heterocycles. The molecule has 0 aliphatic carbocycles. The summed E-state index contributed by atoms with van der Waals surface area (Å²) in [5, 5.41) is 13.3. The largest absolute Gasteiger partial charge is 0.459 e. The summed E-state index contributed by atoms with van der Waals surface area (Å²) >= 11 is 3.70. The number of nitro groups is 1. The lowest BCUT2D eigenvalue weighted by Crippen LogP contribution is -2.78. The van der Waals surface area contributed by atoms with Gasteiger partial charge in [-0.2, -0.15) is 0 Å². The van der Waals surface area contributed by atoms with Crippen molar-refractivity contribution in [1.82, 2.24) is 10.2 Å². The second-order valence-electron chi connectivity index (χ2n) is 8.37. The van der Waals surface area contributed by atoms with Gasteiger partial charge in [-0.25, -0.2) is 4.79 Å². The Bertz CT molecular complexity index is 1110. The Hall–Kier alpha value is -2.67. The number of rotatable bonds is 7. The van der Waals surface area contributed by atoms with Crippen LogP contribution >= 0.6 is 34.4 Å². The van der Waals surface area contributed by atoms with Gasteiger partial charge in [0.1, 0.15) is 24.1 Å². The number of nitrogens with one attached hydrogen (secondary N) is 1. The standard InChI is InChI=1S/C23H22IN3O6S/c1-23(24)13-34-21-18(25-17(28)11-14-5-3-2-4-6-14)20(29)26(21)19(23)22(30)33-12-15-7-9-16(10-8-15)27(31)32/h2-10,18-19,21H,11-13H2,1H3,(H,25,28)/t18?,19?,21-,23?/m1/s1. The van der Waals surface area contributed by atoms with Gasteiger partial charge in [-0.15, -0.1) is 11.8 Å². The van der Waals surface area contributed by atoms with Crippen LogP contribution in [0.1, 0.15) is 18.1 Å². The number of halogens is 1. The lowest BCUT2D eigenvalue weighted by molar-refractivity contribution is -0.384. The fraction of sp³-hybridized carbons (Fsp3) is 0.348. The second kappa shape index (κ2) is 9.90. The van der Waals surface area contributed by atoms with Gasteiger partial charge < -0.3 is 15.0 Å². The molecule has 2 saturated heterocycles. The van der Waals surface area contributed by atoms with Gasteiger partial charge in [0, 0.05) is 17.9 Å². The first-order valence-electron chi connectivity index (χ1n) is 10.5. The summed E-state index contributed by atoms with van der Waals surface area (Å²) in [7, 11) is 0. The Balaban J connectivity index is 1.39. The SMILES string of the molecule is CC1(I)CS[C@@H]2C(NC(=O)Cc3ccccc3)C(=O)N2C1C(=O)OCc1ccc([N+](=O)[O-])cc1. The van der Waals surface area contributed by atoms with Crippen LogP contribution in [0.5, 0.6) is 0 Å². The minimum atomic E-state index is -0.799. The molecule has 2 heterocycles. The van der Waals surface area contributed by atoms with Crippen LogP contribution in [0, 0.1) is 10.1 Å². The van der Waals surface area contributed by atoms with Gasteiger partial charge in [0.25, 0.3) is 5.69 Å². The van der Waals surface area contributed by atoms with E-state index in [1.54, 1.807) is 0 Å². The second-order valence-corrected chi connectivity index (χ2v) is 11.9. The Morgan fingerprint density at radius 3 is 2.53 bits per heavy atom. The molecule has 34 heavy (non-hydrogen) atoms. The maximum Gasteiger partial charge on any atom is 0.330 e. The van der Waals surface area contributed by atoms with Gasteiger partial charge in [-0.3, -0.25) is 19.7 Å². The van der Waals surface area contributed by atoms with Crippen LogP contribution in [-0.2, 0) is 32.1 Å². The molecule has 0 saturated carbocycles.